The van der Waals surface area contributed by atoms with E-state index < -0.39 is 0 Å². The van der Waals surface area contributed by atoms with Crippen LogP contribution in [0.25, 0.3) is 0 Å². The Bertz CT molecular complexity index is 517. The van der Waals surface area contributed by atoms with E-state index in [1.165, 1.54) is 0 Å². The molecule has 2 aliphatic rings. The molecule has 0 aromatic heterocycles. The van der Waals surface area contributed by atoms with Gasteiger partial charge in [0.25, 0.3) is 0 Å². The zero-order valence-electron chi connectivity index (χ0n) is 14.3. The summed E-state index contributed by atoms with van der Waals surface area (Å²) in [6.07, 6.45) is 2.61. The van der Waals surface area contributed by atoms with Crippen molar-refractivity contribution < 1.29 is 9.47 Å². The lowest BCUT2D eigenvalue weighted by molar-refractivity contribution is 0.00548. The molecule has 0 aliphatic carbocycles. The van der Waals surface area contributed by atoms with Crippen molar-refractivity contribution in [1.29, 1.82) is 5.26 Å². The molecule has 1 aromatic carbocycles. The molecule has 1 aromatic rings. The summed E-state index contributed by atoms with van der Waals surface area (Å²) >= 11 is 0. The second-order valence-corrected chi connectivity index (χ2v) is 6.53. The molecule has 0 bridgehead atoms. The summed E-state index contributed by atoms with van der Waals surface area (Å²) in [5.74, 6) is 0. The van der Waals surface area contributed by atoms with E-state index in [4.69, 9.17) is 9.47 Å². The van der Waals surface area contributed by atoms with Gasteiger partial charge in [-0.15, -0.1) is 0 Å². The van der Waals surface area contributed by atoms with Crippen LogP contribution in [0, 0.1) is 11.3 Å². The van der Waals surface area contributed by atoms with Crippen molar-refractivity contribution in [3.8, 4) is 6.07 Å². The largest absolute Gasteiger partial charge is 0.377 e. The number of hydrogen-bond acceptors (Lipinski definition) is 5. The normalized spacial score (nSPS) is 23.9. The standard InChI is InChI=1S/C19H27N3O2/c20-15-19(17-5-2-1-3-6-17)22-10-8-21(9-11-22)12-14-23-16-18-7-4-13-24-18/h1-3,5-6,18-19H,4,7-14,16H2/t18-,19+/m1/s1. The molecule has 0 amide bonds. The molecule has 0 spiro atoms. The predicted molar refractivity (Wildman–Crippen MR) is 92.6 cm³/mol. The van der Waals surface area contributed by atoms with E-state index in [2.05, 4.69) is 15.9 Å². The minimum Gasteiger partial charge on any atom is -0.377 e. The highest BCUT2D eigenvalue weighted by Gasteiger charge is 2.24. The Morgan fingerprint density at radius 2 is 2.00 bits per heavy atom. The zero-order valence-corrected chi connectivity index (χ0v) is 14.3. The summed E-state index contributed by atoms with van der Waals surface area (Å²) < 4.78 is 11.3. The fraction of sp³-hybridized carbons (Fsp3) is 0.632. The lowest BCUT2D eigenvalue weighted by Gasteiger charge is -2.37. The van der Waals surface area contributed by atoms with Crippen molar-refractivity contribution in [2.24, 2.45) is 0 Å². The Morgan fingerprint density at radius 3 is 2.67 bits per heavy atom. The van der Waals surface area contributed by atoms with Gasteiger partial charge in [0, 0.05) is 39.3 Å². The molecule has 2 heterocycles. The second kappa shape index (κ2) is 9.14. The Balaban J connectivity index is 1.36. The van der Waals surface area contributed by atoms with Crippen molar-refractivity contribution in [2.45, 2.75) is 25.0 Å². The van der Waals surface area contributed by atoms with E-state index in [9.17, 15) is 5.26 Å². The van der Waals surface area contributed by atoms with E-state index in [1.54, 1.807) is 0 Å². The van der Waals surface area contributed by atoms with E-state index in [1.807, 2.05) is 30.3 Å². The first-order chi connectivity index (χ1) is 11.9. The molecule has 2 saturated heterocycles. The number of piperazine rings is 1. The van der Waals surface area contributed by atoms with Crippen LogP contribution in [0.4, 0.5) is 0 Å². The van der Waals surface area contributed by atoms with Gasteiger partial charge in [0.1, 0.15) is 6.04 Å². The lowest BCUT2D eigenvalue weighted by atomic mass is 10.1. The highest BCUT2D eigenvalue weighted by molar-refractivity contribution is 5.24. The number of nitriles is 1. The van der Waals surface area contributed by atoms with Crippen molar-refractivity contribution in [2.75, 3.05) is 52.5 Å². The Morgan fingerprint density at radius 1 is 1.21 bits per heavy atom. The van der Waals surface area contributed by atoms with Crippen molar-refractivity contribution >= 4 is 0 Å². The smallest absolute Gasteiger partial charge is 0.123 e. The van der Waals surface area contributed by atoms with Crippen LogP contribution in [0.5, 0.6) is 0 Å². The SMILES string of the molecule is N#C[C@@H](c1ccccc1)N1CCN(CCOC[C@H]2CCCO2)CC1. The van der Waals surface area contributed by atoms with Gasteiger partial charge in [-0.3, -0.25) is 9.80 Å². The average Bonchev–Trinajstić information content (AvgIpc) is 3.15. The van der Waals surface area contributed by atoms with Crippen molar-refractivity contribution in [1.82, 2.24) is 9.80 Å². The first-order valence-electron chi connectivity index (χ1n) is 8.97. The third kappa shape index (κ3) is 4.78. The Hall–Kier alpha value is -1.45. The van der Waals surface area contributed by atoms with Crippen LogP contribution >= 0.6 is 0 Å². The Kier molecular flexibility index (Phi) is 6.62. The maximum absolute atomic E-state index is 9.54. The molecule has 2 atom stereocenters. The zero-order chi connectivity index (χ0) is 16.6. The van der Waals surface area contributed by atoms with Crippen LogP contribution in [0.2, 0.25) is 0 Å². The maximum Gasteiger partial charge on any atom is 0.123 e. The van der Waals surface area contributed by atoms with Gasteiger partial charge in [0.05, 0.1) is 25.4 Å². The van der Waals surface area contributed by atoms with Gasteiger partial charge in [-0.25, -0.2) is 0 Å². The second-order valence-electron chi connectivity index (χ2n) is 6.53. The van der Waals surface area contributed by atoms with Gasteiger partial charge in [0.2, 0.25) is 0 Å². The summed E-state index contributed by atoms with van der Waals surface area (Å²) in [6, 6.07) is 12.4. The molecule has 0 radical (unpaired) electrons. The molecule has 24 heavy (non-hydrogen) atoms. The third-order valence-electron chi connectivity index (χ3n) is 4.89. The molecule has 5 heteroatoms. The molecule has 0 N–H and O–H groups in total. The quantitative estimate of drug-likeness (QED) is 0.717. The fourth-order valence-corrected chi connectivity index (χ4v) is 3.43. The molecule has 0 saturated carbocycles. The fourth-order valence-electron chi connectivity index (χ4n) is 3.43. The van der Waals surface area contributed by atoms with Gasteiger partial charge in [-0.1, -0.05) is 30.3 Å². The molecule has 3 rings (SSSR count). The summed E-state index contributed by atoms with van der Waals surface area (Å²) in [5.41, 5.74) is 1.09. The van der Waals surface area contributed by atoms with Crippen LogP contribution in [0.15, 0.2) is 30.3 Å². The van der Waals surface area contributed by atoms with E-state index in [0.29, 0.717) is 6.10 Å². The summed E-state index contributed by atoms with van der Waals surface area (Å²) in [4.78, 5) is 4.70. The van der Waals surface area contributed by atoms with E-state index >= 15 is 0 Å². The van der Waals surface area contributed by atoms with Gasteiger partial charge < -0.3 is 9.47 Å². The summed E-state index contributed by atoms with van der Waals surface area (Å²) in [6.45, 7) is 7.19. The number of ether oxygens (including phenoxy) is 2. The Labute approximate surface area is 144 Å². The molecular weight excluding hydrogens is 302 g/mol. The highest BCUT2D eigenvalue weighted by Crippen LogP contribution is 2.21. The van der Waals surface area contributed by atoms with Crippen LogP contribution < -0.4 is 0 Å². The van der Waals surface area contributed by atoms with Crippen LogP contribution in [0.3, 0.4) is 0 Å². The van der Waals surface area contributed by atoms with Crippen molar-refractivity contribution in [3.05, 3.63) is 35.9 Å². The molecule has 5 nitrogen and oxygen atoms in total. The summed E-state index contributed by atoms with van der Waals surface area (Å²) in [7, 11) is 0. The number of rotatable bonds is 7. The summed E-state index contributed by atoms with van der Waals surface area (Å²) in [5, 5.41) is 9.54. The van der Waals surface area contributed by atoms with E-state index in [0.717, 1.165) is 70.9 Å². The predicted octanol–water partition coefficient (Wildman–Crippen LogP) is 2.06. The van der Waals surface area contributed by atoms with Gasteiger partial charge in [0.15, 0.2) is 0 Å². The minimum atomic E-state index is -0.135. The first-order valence-corrected chi connectivity index (χ1v) is 8.97. The monoisotopic (exact) mass is 329 g/mol. The molecule has 0 unspecified atom stereocenters. The highest BCUT2D eigenvalue weighted by atomic mass is 16.5. The number of nitrogens with zero attached hydrogens (tertiary/aromatic N) is 3. The van der Waals surface area contributed by atoms with E-state index in [-0.39, 0.29) is 6.04 Å². The number of hydrogen-bond donors (Lipinski definition) is 0. The molecule has 130 valence electrons. The van der Waals surface area contributed by atoms with Gasteiger partial charge in [-0.2, -0.15) is 5.26 Å². The van der Waals surface area contributed by atoms with Gasteiger partial charge >= 0.3 is 0 Å². The average molecular weight is 329 g/mol. The van der Waals surface area contributed by atoms with Crippen LogP contribution in [-0.4, -0.2) is 68.4 Å². The molecule has 2 fully saturated rings. The first kappa shape index (κ1) is 17.4. The third-order valence-corrected chi connectivity index (χ3v) is 4.89. The van der Waals surface area contributed by atoms with Crippen LogP contribution in [0.1, 0.15) is 24.4 Å². The number of benzene rings is 1. The topological polar surface area (TPSA) is 48.7 Å². The van der Waals surface area contributed by atoms with Crippen molar-refractivity contribution in [3.63, 3.8) is 0 Å². The van der Waals surface area contributed by atoms with Crippen LogP contribution in [-0.2, 0) is 9.47 Å². The molecular formula is C19H27N3O2. The minimum absolute atomic E-state index is 0.135. The maximum atomic E-state index is 9.54. The molecule has 2 aliphatic heterocycles. The lowest BCUT2D eigenvalue weighted by Crippen LogP contribution is -2.48. The van der Waals surface area contributed by atoms with Gasteiger partial charge in [-0.05, 0) is 18.4 Å².